The number of halogens is 1. The molecular weight excluding hydrogens is 435 g/mol. The Morgan fingerprint density at radius 1 is 1.06 bits per heavy atom. The maximum Gasteiger partial charge on any atom is 0.262 e. The molecular formula is C26H25FN4O3. The van der Waals surface area contributed by atoms with E-state index >= 15 is 0 Å². The lowest BCUT2D eigenvalue weighted by atomic mass is 10.2. The Hall–Kier alpha value is -4.20. The number of aromatic nitrogens is 2. The number of rotatable bonds is 8. The highest BCUT2D eigenvalue weighted by Crippen LogP contribution is 2.20. The Balaban J connectivity index is 1.35. The molecule has 0 fully saturated rings. The average molecular weight is 461 g/mol. The number of hydrogen-bond donors (Lipinski definition) is 2. The van der Waals surface area contributed by atoms with E-state index in [1.165, 1.54) is 18.2 Å². The van der Waals surface area contributed by atoms with Gasteiger partial charge in [-0.1, -0.05) is 24.3 Å². The lowest BCUT2D eigenvalue weighted by Gasteiger charge is -2.09. The summed E-state index contributed by atoms with van der Waals surface area (Å²) in [7, 11) is 1.90. The van der Waals surface area contributed by atoms with Crippen LogP contribution in [-0.2, 0) is 18.3 Å². The summed E-state index contributed by atoms with van der Waals surface area (Å²) in [4.78, 5) is 29.2. The molecule has 0 atom stereocenters. The summed E-state index contributed by atoms with van der Waals surface area (Å²) >= 11 is 0. The number of anilines is 1. The predicted molar refractivity (Wildman–Crippen MR) is 128 cm³/mol. The maximum atomic E-state index is 13.3. The standard InChI is InChI=1S/C26H25FN4O3/c1-17-6-3-4-9-23(17)34-16-25(32)29-20-10-11-22-21(15-20)30-24(31(22)2)12-13-28-26(33)18-7-5-8-19(27)14-18/h3-11,14-15H,12-13,16H2,1-2H3,(H,28,33)(H,29,32). The smallest absolute Gasteiger partial charge is 0.262 e. The van der Waals surface area contributed by atoms with Crippen LogP contribution < -0.4 is 15.4 Å². The van der Waals surface area contributed by atoms with Gasteiger partial charge in [-0.25, -0.2) is 9.37 Å². The normalized spacial score (nSPS) is 10.8. The van der Waals surface area contributed by atoms with Crippen LogP contribution in [0.5, 0.6) is 5.75 Å². The molecule has 1 aromatic heterocycles. The van der Waals surface area contributed by atoms with Gasteiger partial charge in [0.1, 0.15) is 17.4 Å². The number of imidazole rings is 1. The molecule has 1 heterocycles. The first-order valence-electron chi connectivity index (χ1n) is 10.9. The minimum Gasteiger partial charge on any atom is -0.483 e. The SMILES string of the molecule is Cc1ccccc1OCC(=O)Nc1ccc2c(c1)nc(CCNC(=O)c1cccc(F)c1)n2C. The van der Waals surface area contributed by atoms with E-state index in [9.17, 15) is 14.0 Å². The van der Waals surface area contributed by atoms with E-state index in [1.807, 2.05) is 54.9 Å². The number of carbonyl (C=O) groups is 2. The van der Waals surface area contributed by atoms with Gasteiger partial charge in [0.15, 0.2) is 6.61 Å². The number of hydrogen-bond acceptors (Lipinski definition) is 4. The molecule has 7 nitrogen and oxygen atoms in total. The van der Waals surface area contributed by atoms with Gasteiger partial charge in [-0.15, -0.1) is 0 Å². The van der Waals surface area contributed by atoms with Crippen molar-refractivity contribution >= 4 is 28.5 Å². The van der Waals surface area contributed by atoms with Crippen LogP contribution in [0.3, 0.4) is 0 Å². The molecule has 0 unspecified atom stereocenters. The van der Waals surface area contributed by atoms with Gasteiger partial charge >= 0.3 is 0 Å². The number of nitrogens with zero attached hydrogens (tertiary/aromatic N) is 2. The molecule has 2 N–H and O–H groups in total. The van der Waals surface area contributed by atoms with E-state index in [0.29, 0.717) is 24.4 Å². The van der Waals surface area contributed by atoms with Crippen LogP contribution >= 0.6 is 0 Å². The number of benzene rings is 3. The second kappa shape index (κ2) is 10.2. The fourth-order valence-corrected chi connectivity index (χ4v) is 3.63. The minimum atomic E-state index is -0.451. The monoisotopic (exact) mass is 460 g/mol. The third kappa shape index (κ3) is 5.40. The van der Waals surface area contributed by atoms with Gasteiger partial charge in [-0.3, -0.25) is 9.59 Å². The van der Waals surface area contributed by atoms with Gasteiger partial charge in [0.25, 0.3) is 11.8 Å². The molecule has 0 aliphatic heterocycles. The summed E-state index contributed by atoms with van der Waals surface area (Å²) in [5, 5.41) is 5.62. The number of para-hydroxylation sites is 1. The van der Waals surface area contributed by atoms with Crippen LogP contribution in [0, 0.1) is 12.7 Å². The number of amides is 2. The van der Waals surface area contributed by atoms with Crippen LogP contribution in [-0.4, -0.2) is 34.5 Å². The molecule has 3 aromatic carbocycles. The van der Waals surface area contributed by atoms with Crippen LogP contribution in [0.4, 0.5) is 10.1 Å². The van der Waals surface area contributed by atoms with Gasteiger partial charge in [0, 0.05) is 31.3 Å². The Morgan fingerprint density at radius 2 is 1.88 bits per heavy atom. The first-order valence-corrected chi connectivity index (χ1v) is 10.9. The summed E-state index contributed by atoms with van der Waals surface area (Å²) in [5.41, 5.74) is 3.49. The molecule has 4 aromatic rings. The van der Waals surface area contributed by atoms with Crippen molar-refractivity contribution in [3.05, 3.63) is 89.5 Å². The Kier molecular flexibility index (Phi) is 6.87. The quantitative estimate of drug-likeness (QED) is 0.416. The van der Waals surface area contributed by atoms with Crippen molar-refractivity contribution in [2.45, 2.75) is 13.3 Å². The van der Waals surface area contributed by atoms with Crippen molar-refractivity contribution < 1.29 is 18.7 Å². The number of ether oxygens (including phenoxy) is 1. The molecule has 8 heteroatoms. The van der Waals surface area contributed by atoms with Gasteiger partial charge in [-0.05, 0) is 55.0 Å². The predicted octanol–water partition coefficient (Wildman–Crippen LogP) is 4.01. The van der Waals surface area contributed by atoms with E-state index < -0.39 is 5.82 Å². The largest absolute Gasteiger partial charge is 0.483 e. The second-order valence-electron chi connectivity index (χ2n) is 7.91. The molecule has 34 heavy (non-hydrogen) atoms. The zero-order valence-corrected chi connectivity index (χ0v) is 19.0. The Bertz CT molecular complexity index is 1350. The number of aryl methyl sites for hydroxylation is 2. The molecule has 0 spiro atoms. The van der Waals surface area contributed by atoms with Gasteiger partial charge in [-0.2, -0.15) is 0 Å². The lowest BCUT2D eigenvalue weighted by Crippen LogP contribution is -2.26. The number of carbonyl (C=O) groups excluding carboxylic acids is 2. The van der Waals surface area contributed by atoms with Crippen molar-refractivity contribution in [2.75, 3.05) is 18.5 Å². The summed E-state index contributed by atoms with van der Waals surface area (Å²) in [6.07, 6.45) is 0.498. The third-order valence-corrected chi connectivity index (χ3v) is 5.43. The summed E-state index contributed by atoms with van der Waals surface area (Å²) in [6, 6.07) is 18.6. The zero-order valence-electron chi connectivity index (χ0n) is 19.0. The van der Waals surface area contributed by atoms with Crippen LogP contribution in [0.2, 0.25) is 0 Å². The van der Waals surface area contributed by atoms with Crippen molar-refractivity contribution in [3.8, 4) is 5.75 Å². The van der Waals surface area contributed by atoms with Crippen LogP contribution in [0.25, 0.3) is 11.0 Å². The molecule has 0 bridgehead atoms. The van der Waals surface area contributed by atoms with Crippen LogP contribution in [0.1, 0.15) is 21.7 Å². The zero-order chi connectivity index (χ0) is 24.1. The Labute approximate surface area is 196 Å². The fourth-order valence-electron chi connectivity index (χ4n) is 3.63. The van der Waals surface area contributed by atoms with Crippen molar-refractivity contribution in [1.82, 2.24) is 14.9 Å². The summed E-state index contributed by atoms with van der Waals surface area (Å²) in [6.45, 7) is 2.18. The molecule has 4 rings (SSSR count). The van der Waals surface area contributed by atoms with Gasteiger partial charge in [0.2, 0.25) is 0 Å². The highest BCUT2D eigenvalue weighted by molar-refractivity contribution is 5.94. The molecule has 0 saturated carbocycles. The van der Waals surface area contributed by atoms with Crippen molar-refractivity contribution in [3.63, 3.8) is 0 Å². The van der Waals surface area contributed by atoms with E-state index in [0.717, 1.165) is 22.4 Å². The first-order chi connectivity index (χ1) is 16.4. The topological polar surface area (TPSA) is 85.2 Å². The molecule has 0 aliphatic carbocycles. The molecule has 174 valence electrons. The highest BCUT2D eigenvalue weighted by atomic mass is 19.1. The third-order valence-electron chi connectivity index (χ3n) is 5.43. The maximum absolute atomic E-state index is 13.3. The van der Waals surface area contributed by atoms with Gasteiger partial charge < -0.3 is 19.9 Å². The summed E-state index contributed by atoms with van der Waals surface area (Å²) in [5.74, 6) is 0.399. The van der Waals surface area contributed by atoms with Gasteiger partial charge in [0.05, 0.1) is 11.0 Å². The van der Waals surface area contributed by atoms with Crippen LogP contribution in [0.15, 0.2) is 66.7 Å². The van der Waals surface area contributed by atoms with E-state index in [4.69, 9.17) is 4.74 Å². The lowest BCUT2D eigenvalue weighted by molar-refractivity contribution is -0.118. The molecule has 0 aliphatic rings. The van der Waals surface area contributed by atoms with Crippen molar-refractivity contribution in [1.29, 1.82) is 0 Å². The van der Waals surface area contributed by atoms with E-state index in [1.54, 1.807) is 12.1 Å². The summed E-state index contributed by atoms with van der Waals surface area (Å²) < 4.78 is 20.8. The fraction of sp³-hybridized carbons (Fsp3) is 0.192. The molecule has 2 amide bonds. The Morgan fingerprint density at radius 3 is 2.68 bits per heavy atom. The van der Waals surface area contributed by atoms with Crippen molar-refractivity contribution in [2.24, 2.45) is 7.05 Å². The first kappa shape index (κ1) is 23.0. The number of nitrogens with one attached hydrogen (secondary N) is 2. The highest BCUT2D eigenvalue weighted by Gasteiger charge is 2.12. The molecule has 0 radical (unpaired) electrons. The van der Waals surface area contributed by atoms with E-state index in [-0.39, 0.29) is 24.0 Å². The van der Waals surface area contributed by atoms with E-state index in [2.05, 4.69) is 15.6 Å². The second-order valence-corrected chi connectivity index (χ2v) is 7.91. The average Bonchev–Trinajstić information content (AvgIpc) is 3.13. The minimum absolute atomic E-state index is 0.0959. The molecule has 0 saturated heterocycles. The number of fused-ring (bicyclic) bond motifs is 1.